The van der Waals surface area contributed by atoms with Gasteiger partial charge in [0.1, 0.15) is 6.61 Å². The molecule has 0 unspecified atom stereocenters. The number of aliphatic carboxylic acids is 1. The number of ether oxygens (including phenoxy) is 1. The maximum Gasteiger partial charge on any atom is 0.407 e. The zero-order valence-corrected chi connectivity index (χ0v) is 20.1. The molecule has 1 atom stereocenters. The van der Waals surface area contributed by atoms with Gasteiger partial charge in [0, 0.05) is 37.9 Å². The van der Waals surface area contributed by atoms with Crippen molar-refractivity contribution in [3.05, 3.63) is 59.7 Å². The minimum atomic E-state index is -0.875. The number of amides is 2. The first-order chi connectivity index (χ1) is 16.3. The fourth-order valence-corrected chi connectivity index (χ4v) is 4.44. The molecule has 182 valence electrons. The highest BCUT2D eigenvalue weighted by molar-refractivity contribution is 5.79. The highest BCUT2D eigenvalue weighted by atomic mass is 16.5. The summed E-state index contributed by atoms with van der Waals surface area (Å²) in [5, 5.41) is 11.7. The van der Waals surface area contributed by atoms with Crippen molar-refractivity contribution in [1.29, 1.82) is 0 Å². The van der Waals surface area contributed by atoms with Crippen molar-refractivity contribution in [3.8, 4) is 11.1 Å². The van der Waals surface area contributed by atoms with Gasteiger partial charge in [-0.25, -0.2) is 4.79 Å². The monoisotopic (exact) mass is 466 g/mol. The Morgan fingerprint density at radius 1 is 1.03 bits per heavy atom. The van der Waals surface area contributed by atoms with Crippen LogP contribution in [-0.4, -0.2) is 53.7 Å². The Balaban J connectivity index is 1.58. The third kappa shape index (κ3) is 6.16. The number of hydrogen-bond acceptors (Lipinski definition) is 4. The molecule has 0 aromatic heterocycles. The van der Waals surface area contributed by atoms with E-state index in [-0.39, 0.29) is 43.2 Å². The minimum Gasteiger partial charge on any atom is -0.481 e. The molecule has 0 saturated heterocycles. The largest absolute Gasteiger partial charge is 0.481 e. The zero-order valence-electron chi connectivity index (χ0n) is 20.1. The zero-order chi connectivity index (χ0) is 24.7. The van der Waals surface area contributed by atoms with Crippen LogP contribution in [0.3, 0.4) is 0 Å². The Bertz CT molecular complexity index is 974. The summed E-state index contributed by atoms with van der Waals surface area (Å²) in [6, 6.07) is 15.9. The summed E-state index contributed by atoms with van der Waals surface area (Å²) in [6.07, 6.45) is 0.0291. The highest BCUT2D eigenvalue weighted by Crippen LogP contribution is 2.44. The third-order valence-corrected chi connectivity index (χ3v) is 6.40. The van der Waals surface area contributed by atoms with Gasteiger partial charge in [0.25, 0.3) is 0 Å². The molecule has 2 aromatic rings. The quantitative estimate of drug-likeness (QED) is 0.502. The number of rotatable bonds is 11. The lowest BCUT2D eigenvalue weighted by atomic mass is 9.98. The number of carboxylic acids is 1. The van der Waals surface area contributed by atoms with Crippen LogP contribution in [0.15, 0.2) is 48.5 Å². The molecule has 0 radical (unpaired) electrons. The fourth-order valence-electron chi connectivity index (χ4n) is 4.44. The summed E-state index contributed by atoms with van der Waals surface area (Å²) in [5.41, 5.74) is 4.62. The van der Waals surface area contributed by atoms with E-state index in [4.69, 9.17) is 9.84 Å². The molecular formula is C27H34N2O5. The molecule has 1 aliphatic carbocycles. The lowest BCUT2D eigenvalue weighted by Crippen LogP contribution is -2.44. The van der Waals surface area contributed by atoms with Crippen LogP contribution in [0.2, 0.25) is 0 Å². The highest BCUT2D eigenvalue weighted by Gasteiger charge is 2.30. The number of nitrogens with zero attached hydrogens (tertiary/aromatic N) is 1. The first kappa shape index (κ1) is 25.3. The predicted molar refractivity (Wildman–Crippen MR) is 131 cm³/mol. The van der Waals surface area contributed by atoms with Crippen LogP contribution >= 0.6 is 0 Å². The van der Waals surface area contributed by atoms with Crippen molar-refractivity contribution < 1.29 is 24.2 Å². The van der Waals surface area contributed by atoms with Crippen LogP contribution in [0.25, 0.3) is 11.1 Å². The molecular weight excluding hydrogens is 432 g/mol. The summed E-state index contributed by atoms with van der Waals surface area (Å²) >= 11 is 0. The van der Waals surface area contributed by atoms with Crippen LogP contribution in [0.5, 0.6) is 0 Å². The van der Waals surface area contributed by atoms with E-state index in [1.54, 1.807) is 4.90 Å². The number of nitrogens with one attached hydrogen (secondary N) is 1. The number of carbonyl (C=O) groups excluding carboxylic acids is 2. The second-order valence-corrected chi connectivity index (χ2v) is 9.00. The van der Waals surface area contributed by atoms with Gasteiger partial charge in [0.15, 0.2) is 0 Å². The van der Waals surface area contributed by atoms with Gasteiger partial charge in [0.05, 0.1) is 0 Å². The molecule has 0 bridgehead atoms. The van der Waals surface area contributed by atoms with Crippen molar-refractivity contribution in [2.24, 2.45) is 5.92 Å². The van der Waals surface area contributed by atoms with E-state index in [0.717, 1.165) is 11.1 Å². The number of carboxylic acid groups (broad SMARTS) is 1. The van der Waals surface area contributed by atoms with E-state index in [2.05, 4.69) is 29.6 Å². The molecule has 2 N–H and O–H groups in total. The molecule has 0 fully saturated rings. The third-order valence-electron chi connectivity index (χ3n) is 6.40. The average Bonchev–Trinajstić information content (AvgIpc) is 3.13. The number of alkyl carbamates (subject to hydrolysis) is 1. The van der Waals surface area contributed by atoms with Gasteiger partial charge in [-0.3, -0.25) is 9.59 Å². The van der Waals surface area contributed by atoms with Crippen molar-refractivity contribution in [3.63, 3.8) is 0 Å². The van der Waals surface area contributed by atoms with Crippen LogP contribution < -0.4 is 5.32 Å². The van der Waals surface area contributed by atoms with E-state index in [1.165, 1.54) is 11.1 Å². The molecule has 0 saturated carbocycles. The molecule has 7 heteroatoms. The van der Waals surface area contributed by atoms with E-state index in [0.29, 0.717) is 19.5 Å². The number of benzene rings is 2. The van der Waals surface area contributed by atoms with Gasteiger partial charge in [-0.15, -0.1) is 0 Å². The fraction of sp³-hybridized carbons (Fsp3) is 0.444. The first-order valence-electron chi connectivity index (χ1n) is 11.9. The summed E-state index contributed by atoms with van der Waals surface area (Å²) in [6.45, 7) is 6.85. The van der Waals surface area contributed by atoms with Crippen LogP contribution in [0, 0.1) is 5.92 Å². The lowest BCUT2D eigenvalue weighted by Gasteiger charge is -2.26. The van der Waals surface area contributed by atoms with Gasteiger partial charge in [-0.05, 0) is 41.5 Å². The van der Waals surface area contributed by atoms with E-state index in [1.807, 2.05) is 45.0 Å². The van der Waals surface area contributed by atoms with Crippen molar-refractivity contribution in [1.82, 2.24) is 10.2 Å². The second kappa shape index (κ2) is 11.7. The summed E-state index contributed by atoms with van der Waals surface area (Å²) in [4.78, 5) is 37.8. The Hall–Kier alpha value is -3.35. The van der Waals surface area contributed by atoms with Crippen molar-refractivity contribution >= 4 is 18.0 Å². The summed E-state index contributed by atoms with van der Waals surface area (Å²) in [5.74, 6) is -0.977. The van der Waals surface area contributed by atoms with Gasteiger partial charge < -0.3 is 20.1 Å². The van der Waals surface area contributed by atoms with Crippen LogP contribution in [-0.2, 0) is 14.3 Å². The molecule has 0 heterocycles. The average molecular weight is 467 g/mol. The summed E-state index contributed by atoms with van der Waals surface area (Å²) < 4.78 is 5.64. The standard InChI is InChI=1S/C27H34N2O5/c1-4-29(15-9-14-26(31)32)25(30)16-24(18(2)3)28-27(33)34-17-23-21-12-7-5-10-19(21)20-11-6-8-13-22(20)23/h5-8,10-13,18,23-24H,4,9,14-17H2,1-3H3,(H,28,33)(H,31,32)/t24-/m1/s1. The molecule has 0 aliphatic heterocycles. The molecule has 2 aromatic carbocycles. The predicted octanol–water partition coefficient (Wildman–Crippen LogP) is 4.65. The van der Waals surface area contributed by atoms with E-state index < -0.39 is 12.1 Å². The van der Waals surface area contributed by atoms with E-state index >= 15 is 0 Å². The van der Waals surface area contributed by atoms with Crippen LogP contribution in [0.4, 0.5) is 4.79 Å². The van der Waals surface area contributed by atoms with Crippen molar-refractivity contribution in [2.75, 3.05) is 19.7 Å². The molecule has 1 aliphatic rings. The Labute approximate surface area is 201 Å². The Kier molecular flexibility index (Phi) is 8.68. The maximum atomic E-state index is 12.8. The normalized spacial score (nSPS) is 13.2. The molecule has 34 heavy (non-hydrogen) atoms. The minimum absolute atomic E-state index is 0.0232. The SMILES string of the molecule is CCN(CCCC(=O)O)C(=O)C[C@@H](NC(=O)OCC1c2ccccc2-c2ccccc21)C(C)C. The lowest BCUT2D eigenvalue weighted by molar-refractivity contribution is -0.138. The Morgan fingerprint density at radius 2 is 1.62 bits per heavy atom. The molecule has 7 nitrogen and oxygen atoms in total. The topological polar surface area (TPSA) is 95.9 Å². The van der Waals surface area contributed by atoms with Gasteiger partial charge in [0.2, 0.25) is 5.91 Å². The maximum absolute atomic E-state index is 12.8. The van der Waals surface area contributed by atoms with Crippen molar-refractivity contribution in [2.45, 2.75) is 52.0 Å². The van der Waals surface area contributed by atoms with Gasteiger partial charge >= 0.3 is 12.1 Å². The number of carbonyl (C=O) groups is 3. The number of fused-ring (bicyclic) bond motifs is 3. The molecule has 2 amide bonds. The van der Waals surface area contributed by atoms with Gasteiger partial charge in [-0.2, -0.15) is 0 Å². The first-order valence-corrected chi connectivity index (χ1v) is 11.9. The van der Waals surface area contributed by atoms with E-state index in [9.17, 15) is 14.4 Å². The smallest absolute Gasteiger partial charge is 0.407 e. The Morgan fingerprint density at radius 3 is 2.15 bits per heavy atom. The molecule has 3 rings (SSSR count). The second-order valence-electron chi connectivity index (χ2n) is 9.00. The van der Waals surface area contributed by atoms with Crippen LogP contribution in [0.1, 0.15) is 57.1 Å². The number of hydrogen-bond donors (Lipinski definition) is 2. The van der Waals surface area contributed by atoms with Gasteiger partial charge in [-0.1, -0.05) is 62.4 Å². The summed E-state index contributed by atoms with van der Waals surface area (Å²) in [7, 11) is 0. The molecule has 0 spiro atoms.